The van der Waals surface area contributed by atoms with E-state index >= 15 is 0 Å². The third-order valence-electron chi connectivity index (χ3n) is 3.51. The van der Waals surface area contributed by atoms with E-state index in [4.69, 9.17) is 0 Å². The number of benzene rings is 2. The van der Waals surface area contributed by atoms with Crippen molar-refractivity contribution in [2.75, 3.05) is 0 Å². The van der Waals surface area contributed by atoms with Gasteiger partial charge in [-0.05, 0) is 48.1 Å². The van der Waals surface area contributed by atoms with E-state index < -0.39 is 0 Å². The van der Waals surface area contributed by atoms with Crippen molar-refractivity contribution in [2.24, 2.45) is 0 Å². The highest BCUT2D eigenvalue weighted by atomic mass is 16.1. The van der Waals surface area contributed by atoms with Crippen molar-refractivity contribution in [1.82, 2.24) is 0 Å². The van der Waals surface area contributed by atoms with Crippen LogP contribution in [0.1, 0.15) is 48.2 Å². The minimum Gasteiger partial charge on any atom is -0.295 e. The highest BCUT2D eigenvalue weighted by molar-refractivity contribution is 5.95. The molecule has 19 heavy (non-hydrogen) atoms. The van der Waals surface area contributed by atoms with Crippen molar-refractivity contribution in [3.05, 3.63) is 59.2 Å². The van der Waals surface area contributed by atoms with E-state index in [0.29, 0.717) is 5.92 Å². The molecule has 0 unspecified atom stereocenters. The summed E-state index contributed by atoms with van der Waals surface area (Å²) in [6, 6.07) is 14.5. The smallest absolute Gasteiger partial charge is 0.159 e. The average molecular weight is 252 g/mol. The van der Waals surface area contributed by atoms with E-state index in [-0.39, 0.29) is 5.78 Å². The minimum absolute atomic E-state index is 0.112. The predicted molar refractivity (Wildman–Crippen MR) is 80.7 cm³/mol. The van der Waals surface area contributed by atoms with Gasteiger partial charge in [-0.1, -0.05) is 50.2 Å². The van der Waals surface area contributed by atoms with Gasteiger partial charge in [-0.3, -0.25) is 4.79 Å². The van der Waals surface area contributed by atoms with Gasteiger partial charge >= 0.3 is 0 Å². The molecule has 0 fully saturated rings. The first-order chi connectivity index (χ1) is 8.99. The van der Waals surface area contributed by atoms with Gasteiger partial charge in [-0.25, -0.2) is 0 Å². The van der Waals surface area contributed by atoms with Crippen molar-refractivity contribution >= 4 is 5.78 Å². The Morgan fingerprint density at radius 3 is 2.42 bits per heavy atom. The van der Waals surface area contributed by atoms with E-state index in [1.54, 1.807) is 6.92 Å². The molecule has 1 heteroatoms. The molecular weight excluding hydrogens is 232 g/mol. The molecule has 2 rings (SSSR count). The Labute approximate surface area is 115 Å². The fourth-order valence-corrected chi connectivity index (χ4v) is 2.22. The highest BCUT2D eigenvalue weighted by Gasteiger charge is 2.07. The first-order valence-electron chi connectivity index (χ1n) is 6.71. The van der Waals surface area contributed by atoms with Crippen LogP contribution in [-0.2, 0) is 0 Å². The molecule has 2 aromatic carbocycles. The number of Topliss-reactive ketones (excluding diaryl/α,β-unsaturated/α-hetero) is 1. The molecule has 0 aromatic heterocycles. The minimum atomic E-state index is 0.112. The number of aryl methyl sites for hydroxylation is 1. The van der Waals surface area contributed by atoms with E-state index in [0.717, 1.165) is 11.1 Å². The first kappa shape index (κ1) is 13.5. The third-order valence-corrected chi connectivity index (χ3v) is 3.51. The second-order valence-corrected chi connectivity index (χ2v) is 5.37. The molecule has 0 aliphatic heterocycles. The molecule has 0 saturated heterocycles. The Balaban J connectivity index is 2.54. The van der Waals surface area contributed by atoms with Crippen LogP contribution in [0.4, 0.5) is 0 Å². The molecule has 0 saturated carbocycles. The molecule has 1 nitrogen and oxygen atoms in total. The van der Waals surface area contributed by atoms with E-state index in [2.05, 4.69) is 45.0 Å². The molecule has 0 aliphatic carbocycles. The zero-order valence-corrected chi connectivity index (χ0v) is 12.0. The molecule has 0 bridgehead atoms. The lowest BCUT2D eigenvalue weighted by atomic mass is 9.93. The first-order valence-corrected chi connectivity index (χ1v) is 6.71. The predicted octanol–water partition coefficient (Wildman–Crippen LogP) is 4.99. The Hall–Kier alpha value is -1.89. The van der Waals surface area contributed by atoms with Gasteiger partial charge in [-0.2, -0.15) is 0 Å². The fraction of sp³-hybridized carbons (Fsp3) is 0.278. The zero-order valence-electron chi connectivity index (χ0n) is 12.0. The van der Waals surface area contributed by atoms with Crippen LogP contribution in [0.25, 0.3) is 11.1 Å². The third kappa shape index (κ3) is 2.93. The van der Waals surface area contributed by atoms with E-state index in [1.165, 1.54) is 16.7 Å². The quantitative estimate of drug-likeness (QED) is 0.703. The number of hydrogen-bond acceptors (Lipinski definition) is 1. The molecule has 0 atom stereocenters. The number of ketones is 1. The number of rotatable bonds is 3. The second-order valence-electron chi connectivity index (χ2n) is 5.37. The molecule has 0 amide bonds. The topological polar surface area (TPSA) is 17.1 Å². The van der Waals surface area contributed by atoms with Gasteiger partial charge in [0.25, 0.3) is 0 Å². The van der Waals surface area contributed by atoms with Crippen LogP contribution in [-0.4, -0.2) is 5.78 Å². The molecular formula is C18H20O. The summed E-state index contributed by atoms with van der Waals surface area (Å²) in [6.07, 6.45) is 0. The van der Waals surface area contributed by atoms with Crippen LogP contribution >= 0.6 is 0 Å². The van der Waals surface area contributed by atoms with Gasteiger partial charge in [0.2, 0.25) is 0 Å². The Morgan fingerprint density at radius 1 is 1.05 bits per heavy atom. The fourth-order valence-electron chi connectivity index (χ4n) is 2.22. The maximum Gasteiger partial charge on any atom is 0.159 e. The molecule has 0 spiro atoms. The Kier molecular flexibility index (Phi) is 3.84. The van der Waals surface area contributed by atoms with E-state index in [1.807, 2.05) is 18.2 Å². The lowest BCUT2D eigenvalue weighted by Gasteiger charge is -2.11. The normalized spacial score (nSPS) is 10.8. The number of carbonyl (C=O) groups excluding carboxylic acids is 1. The second kappa shape index (κ2) is 5.40. The van der Waals surface area contributed by atoms with Crippen LogP contribution < -0.4 is 0 Å². The molecule has 0 aliphatic rings. The van der Waals surface area contributed by atoms with Crippen molar-refractivity contribution < 1.29 is 4.79 Å². The van der Waals surface area contributed by atoms with E-state index in [9.17, 15) is 4.79 Å². The highest BCUT2D eigenvalue weighted by Crippen LogP contribution is 2.27. The zero-order chi connectivity index (χ0) is 14.0. The summed E-state index contributed by atoms with van der Waals surface area (Å²) >= 11 is 0. The maximum absolute atomic E-state index is 11.5. The van der Waals surface area contributed by atoms with Crippen LogP contribution in [0.5, 0.6) is 0 Å². The summed E-state index contributed by atoms with van der Waals surface area (Å²) in [5.74, 6) is 0.623. The van der Waals surface area contributed by atoms with Crippen LogP contribution in [0, 0.1) is 6.92 Å². The summed E-state index contributed by atoms with van der Waals surface area (Å²) in [7, 11) is 0. The summed E-state index contributed by atoms with van der Waals surface area (Å²) < 4.78 is 0. The van der Waals surface area contributed by atoms with Gasteiger partial charge in [0, 0.05) is 5.56 Å². The van der Waals surface area contributed by atoms with Crippen molar-refractivity contribution in [2.45, 2.75) is 33.6 Å². The lowest BCUT2D eigenvalue weighted by Crippen LogP contribution is -1.95. The summed E-state index contributed by atoms with van der Waals surface area (Å²) in [5.41, 5.74) is 5.63. The maximum atomic E-state index is 11.5. The summed E-state index contributed by atoms with van der Waals surface area (Å²) in [4.78, 5) is 11.5. The van der Waals surface area contributed by atoms with Crippen molar-refractivity contribution in [1.29, 1.82) is 0 Å². The van der Waals surface area contributed by atoms with Gasteiger partial charge in [0.1, 0.15) is 0 Å². The average Bonchev–Trinajstić information content (AvgIpc) is 2.39. The van der Waals surface area contributed by atoms with Gasteiger partial charge in [-0.15, -0.1) is 0 Å². The molecule has 0 radical (unpaired) electrons. The largest absolute Gasteiger partial charge is 0.295 e. The van der Waals surface area contributed by atoms with Gasteiger partial charge in [0.15, 0.2) is 5.78 Å². The van der Waals surface area contributed by atoms with Crippen LogP contribution in [0.15, 0.2) is 42.5 Å². The van der Waals surface area contributed by atoms with Crippen LogP contribution in [0.3, 0.4) is 0 Å². The molecule has 2 aromatic rings. The molecule has 0 N–H and O–H groups in total. The molecule has 0 heterocycles. The summed E-state index contributed by atoms with van der Waals surface area (Å²) in [5, 5.41) is 0. The van der Waals surface area contributed by atoms with Crippen LogP contribution in [0.2, 0.25) is 0 Å². The van der Waals surface area contributed by atoms with Gasteiger partial charge < -0.3 is 0 Å². The number of carbonyl (C=O) groups is 1. The molecule has 98 valence electrons. The van der Waals surface area contributed by atoms with Crippen molar-refractivity contribution in [3.8, 4) is 11.1 Å². The summed E-state index contributed by atoms with van der Waals surface area (Å²) in [6.45, 7) is 8.08. The number of hydrogen-bond donors (Lipinski definition) is 0. The Morgan fingerprint density at radius 2 is 1.79 bits per heavy atom. The monoisotopic (exact) mass is 252 g/mol. The van der Waals surface area contributed by atoms with Crippen molar-refractivity contribution in [3.63, 3.8) is 0 Å². The standard InChI is InChI=1S/C18H20O/c1-12(2)15-6-5-7-17(10-15)18-11-16(14(4)19)9-8-13(18)3/h5-12H,1-4H3. The Bertz CT molecular complexity index is 609. The van der Waals surface area contributed by atoms with Gasteiger partial charge in [0.05, 0.1) is 0 Å². The SMILES string of the molecule is CC(=O)c1ccc(C)c(-c2cccc(C(C)C)c2)c1. The lowest BCUT2D eigenvalue weighted by molar-refractivity contribution is 0.101.